The lowest BCUT2D eigenvalue weighted by molar-refractivity contribution is 0.0597. The van der Waals surface area contributed by atoms with E-state index in [2.05, 4.69) is 35.1 Å². The molecule has 0 radical (unpaired) electrons. The van der Waals surface area contributed by atoms with Crippen LogP contribution in [0.3, 0.4) is 0 Å². The van der Waals surface area contributed by atoms with Gasteiger partial charge in [-0.3, -0.25) is 0 Å². The highest BCUT2D eigenvalue weighted by atomic mass is 16.5. The second kappa shape index (κ2) is 5.23. The van der Waals surface area contributed by atoms with Crippen LogP contribution in [0.2, 0.25) is 0 Å². The average molecular weight is 260 g/mol. The smallest absolute Gasteiger partial charge is 0.120 e. The molecule has 4 nitrogen and oxygen atoms in total. The summed E-state index contributed by atoms with van der Waals surface area (Å²) in [7, 11) is 3.80. The molecular weight excluding hydrogens is 240 g/mol. The van der Waals surface area contributed by atoms with Crippen molar-refractivity contribution in [2.75, 3.05) is 26.8 Å². The lowest BCUT2D eigenvalue weighted by Gasteiger charge is -2.15. The van der Waals surface area contributed by atoms with Crippen LogP contribution in [-0.4, -0.2) is 31.4 Å². The Labute approximate surface area is 113 Å². The molecule has 1 unspecified atom stereocenters. The van der Waals surface area contributed by atoms with Crippen LogP contribution < -0.4 is 10.1 Å². The van der Waals surface area contributed by atoms with Gasteiger partial charge in [-0.15, -0.1) is 0 Å². The molecule has 1 fully saturated rings. The molecule has 2 heterocycles. The topological polar surface area (TPSA) is 35.4 Å². The Morgan fingerprint density at radius 1 is 1.32 bits per heavy atom. The van der Waals surface area contributed by atoms with Crippen LogP contribution in [0, 0.1) is 0 Å². The highest BCUT2D eigenvalue weighted by Crippen LogP contribution is 2.30. The first-order chi connectivity index (χ1) is 9.29. The van der Waals surface area contributed by atoms with Crippen LogP contribution in [0.25, 0.3) is 10.9 Å². The van der Waals surface area contributed by atoms with Crippen molar-refractivity contribution < 1.29 is 9.47 Å². The second-order valence-electron chi connectivity index (χ2n) is 4.95. The van der Waals surface area contributed by atoms with Gasteiger partial charge in [0.15, 0.2) is 0 Å². The monoisotopic (exact) mass is 260 g/mol. The molecule has 0 saturated carbocycles. The standard InChI is InChI=1S/C15H20N2O2/c1-17-13-10-12(18-2)4-3-11(13)9-14(17)15-5-6-16-7-8-19-15/h3-4,9-10,15-16H,5-8H2,1-2H3. The lowest BCUT2D eigenvalue weighted by atomic mass is 10.1. The van der Waals surface area contributed by atoms with Crippen LogP contribution >= 0.6 is 0 Å². The maximum Gasteiger partial charge on any atom is 0.120 e. The molecule has 2 aromatic rings. The quantitative estimate of drug-likeness (QED) is 0.899. The van der Waals surface area contributed by atoms with Crippen molar-refractivity contribution in [3.05, 3.63) is 30.0 Å². The van der Waals surface area contributed by atoms with E-state index in [0.29, 0.717) is 0 Å². The summed E-state index contributed by atoms with van der Waals surface area (Å²) in [4.78, 5) is 0. The highest BCUT2D eigenvalue weighted by molar-refractivity contribution is 5.82. The zero-order chi connectivity index (χ0) is 13.2. The number of nitrogens with zero attached hydrogens (tertiary/aromatic N) is 1. The van der Waals surface area contributed by atoms with Gasteiger partial charge >= 0.3 is 0 Å². The molecule has 1 aromatic heterocycles. The number of fused-ring (bicyclic) bond motifs is 1. The Balaban J connectivity index is 2.01. The van der Waals surface area contributed by atoms with Crippen molar-refractivity contribution in [3.63, 3.8) is 0 Å². The van der Waals surface area contributed by atoms with Gasteiger partial charge in [-0.25, -0.2) is 0 Å². The third-order valence-corrected chi connectivity index (χ3v) is 3.80. The molecule has 3 rings (SSSR count). The summed E-state index contributed by atoms with van der Waals surface area (Å²) in [6.45, 7) is 2.72. The predicted molar refractivity (Wildman–Crippen MR) is 75.7 cm³/mol. The van der Waals surface area contributed by atoms with Gasteiger partial charge < -0.3 is 19.4 Å². The van der Waals surface area contributed by atoms with Crippen molar-refractivity contribution in [1.29, 1.82) is 0 Å². The first-order valence-electron chi connectivity index (χ1n) is 6.75. The largest absolute Gasteiger partial charge is 0.497 e. The van der Waals surface area contributed by atoms with E-state index < -0.39 is 0 Å². The zero-order valence-corrected chi connectivity index (χ0v) is 11.5. The summed E-state index contributed by atoms with van der Waals surface area (Å²) in [5.41, 5.74) is 2.43. The van der Waals surface area contributed by atoms with Gasteiger partial charge in [-0.2, -0.15) is 0 Å². The summed E-state index contributed by atoms with van der Waals surface area (Å²) >= 11 is 0. The molecule has 1 N–H and O–H groups in total. The van der Waals surface area contributed by atoms with Gasteiger partial charge in [0.25, 0.3) is 0 Å². The van der Waals surface area contributed by atoms with Gasteiger partial charge in [0.2, 0.25) is 0 Å². The summed E-state index contributed by atoms with van der Waals surface area (Å²) in [6.07, 6.45) is 1.19. The minimum Gasteiger partial charge on any atom is -0.497 e. The fraction of sp³-hybridized carbons (Fsp3) is 0.467. The van der Waals surface area contributed by atoms with Gasteiger partial charge in [-0.05, 0) is 31.2 Å². The van der Waals surface area contributed by atoms with E-state index in [9.17, 15) is 0 Å². The SMILES string of the molecule is COc1ccc2cc(C3CCNCCO3)n(C)c2c1. The number of aryl methyl sites for hydroxylation is 1. The second-order valence-corrected chi connectivity index (χ2v) is 4.95. The first-order valence-corrected chi connectivity index (χ1v) is 6.75. The summed E-state index contributed by atoms with van der Waals surface area (Å²) < 4.78 is 13.5. The third kappa shape index (κ3) is 2.33. The summed E-state index contributed by atoms with van der Waals surface area (Å²) in [5, 5.41) is 4.60. The Bertz CT molecular complexity index is 569. The van der Waals surface area contributed by atoms with Crippen molar-refractivity contribution in [3.8, 4) is 5.75 Å². The first kappa shape index (κ1) is 12.5. The Hall–Kier alpha value is -1.52. The summed E-state index contributed by atoms with van der Waals surface area (Å²) in [6, 6.07) is 8.41. The predicted octanol–water partition coefficient (Wildman–Crippen LogP) is 2.24. The number of ether oxygens (including phenoxy) is 2. The molecule has 0 aliphatic carbocycles. The molecular formula is C15H20N2O2. The maximum atomic E-state index is 5.94. The van der Waals surface area contributed by atoms with Gasteiger partial charge in [-0.1, -0.05) is 0 Å². The van der Waals surface area contributed by atoms with E-state index in [0.717, 1.165) is 31.9 Å². The number of rotatable bonds is 2. The maximum absolute atomic E-state index is 5.94. The molecule has 0 amide bonds. The van der Waals surface area contributed by atoms with E-state index in [-0.39, 0.29) is 6.10 Å². The van der Waals surface area contributed by atoms with Gasteiger partial charge in [0.1, 0.15) is 5.75 Å². The molecule has 0 bridgehead atoms. The molecule has 1 aromatic carbocycles. The number of nitrogens with one attached hydrogen (secondary N) is 1. The van der Waals surface area contributed by atoms with Crippen molar-refractivity contribution in [2.45, 2.75) is 12.5 Å². The van der Waals surface area contributed by atoms with Crippen molar-refractivity contribution in [2.24, 2.45) is 7.05 Å². The van der Waals surface area contributed by atoms with Crippen LogP contribution in [-0.2, 0) is 11.8 Å². The molecule has 1 atom stereocenters. The molecule has 1 aliphatic heterocycles. The number of aromatic nitrogens is 1. The van der Waals surface area contributed by atoms with Crippen molar-refractivity contribution in [1.82, 2.24) is 9.88 Å². The number of benzene rings is 1. The fourth-order valence-electron chi connectivity index (χ4n) is 2.72. The van der Waals surface area contributed by atoms with E-state index in [4.69, 9.17) is 9.47 Å². The molecule has 19 heavy (non-hydrogen) atoms. The fourth-order valence-corrected chi connectivity index (χ4v) is 2.72. The number of hydrogen-bond acceptors (Lipinski definition) is 3. The van der Waals surface area contributed by atoms with E-state index in [1.807, 2.05) is 6.07 Å². The number of methoxy groups -OCH3 is 1. The average Bonchev–Trinajstić information content (AvgIpc) is 2.64. The van der Waals surface area contributed by atoms with Crippen LogP contribution in [0.5, 0.6) is 5.75 Å². The summed E-state index contributed by atoms with van der Waals surface area (Å²) in [5.74, 6) is 0.892. The third-order valence-electron chi connectivity index (χ3n) is 3.80. The molecule has 1 aliphatic rings. The van der Waals surface area contributed by atoms with Crippen molar-refractivity contribution >= 4 is 10.9 Å². The van der Waals surface area contributed by atoms with Crippen LogP contribution in [0.15, 0.2) is 24.3 Å². The lowest BCUT2D eigenvalue weighted by Crippen LogP contribution is -2.16. The van der Waals surface area contributed by atoms with E-state index >= 15 is 0 Å². The minimum atomic E-state index is 0.179. The zero-order valence-electron chi connectivity index (χ0n) is 11.5. The van der Waals surface area contributed by atoms with E-state index in [1.54, 1.807) is 7.11 Å². The highest BCUT2D eigenvalue weighted by Gasteiger charge is 2.19. The van der Waals surface area contributed by atoms with Crippen LogP contribution in [0.1, 0.15) is 18.2 Å². The molecule has 102 valence electrons. The molecule has 4 heteroatoms. The van der Waals surface area contributed by atoms with Gasteiger partial charge in [0.05, 0.1) is 25.3 Å². The Morgan fingerprint density at radius 2 is 2.21 bits per heavy atom. The number of hydrogen-bond donors (Lipinski definition) is 1. The van der Waals surface area contributed by atoms with E-state index in [1.165, 1.54) is 16.6 Å². The molecule has 0 spiro atoms. The Morgan fingerprint density at radius 3 is 3.05 bits per heavy atom. The Kier molecular flexibility index (Phi) is 3.44. The normalized spacial score (nSPS) is 20.4. The minimum absolute atomic E-state index is 0.179. The molecule has 1 saturated heterocycles. The van der Waals surface area contributed by atoms with Gasteiger partial charge in [0, 0.05) is 30.7 Å². The van der Waals surface area contributed by atoms with Crippen LogP contribution in [0.4, 0.5) is 0 Å².